The Balaban J connectivity index is 3.11. The molecule has 6 heteroatoms. The summed E-state index contributed by atoms with van der Waals surface area (Å²) in [6.45, 7) is 4.70. The summed E-state index contributed by atoms with van der Waals surface area (Å²) in [5.41, 5.74) is 0.921. The summed E-state index contributed by atoms with van der Waals surface area (Å²) in [5.74, 6) is -2.72. The number of aryl methyl sites for hydroxylation is 1. The van der Waals surface area contributed by atoms with Crippen LogP contribution in [-0.2, 0) is 20.4 Å². The Kier molecular flexibility index (Phi) is 4.68. The van der Waals surface area contributed by atoms with Crippen molar-refractivity contribution in [2.75, 3.05) is 0 Å². The fourth-order valence-corrected chi connectivity index (χ4v) is 4.05. The van der Waals surface area contributed by atoms with Gasteiger partial charge in [-0.1, -0.05) is 19.9 Å². The fourth-order valence-electron chi connectivity index (χ4n) is 1.98. The molecule has 0 aliphatic carbocycles. The van der Waals surface area contributed by atoms with Crippen LogP contribution >= 0.6 is 0 Å². The van der Waals surface area contributed by atoms with Gasteiger partial charge >= 0.3 is 5.97 Å². The molecule has 4 nitrogen and oxygen atoms in total. The highest BCUT2D eigenvalue weighted by Crippen LogP contribution is 2.20. The van der Waals surface area contributed by atoms with Gasteiger partial charge in [0.15, 0.2) is 15.1 Å². The lowest BCUT2D eigenvalue weighted by atomic mass is 10.1. The average molecular weight is 288 g/mol. The number of hydrogen-bond donors (Lipinski definition) is 1. The predicted octanol–water partition coefficient (Wildman–Crippen LogP) is 2.16. The van der Waals surface area contributed by atoms with Crippen LogP contribution in [0.4, 0.5) is 4.39 Å². The third-order valence-electron chi connectivity index (χ3n) is 2.90. The molecule has 0 amide bonds. The van der Waals surface area contributed by atoms with Crippen LogP contribution in [0.2, 0.25) is 0 Å². The molecule has 0 fully saturated rings. The van der Waals surface area contributed by atoms with Gasteiger partial charge in [0, 0.05) is 0 Å². The normalized spacial score (nSPS) is 13.5. The van der Waals surface area contributed by atoms with Crippen LogP contribution in [0.25, 0.3) is 0 Å². The summed E-state index contributed by atoms with van der Waals surface area (Å²) in [4.78, 5) is 11.1. The van der Waals surface area contributed by atoms with E-state index in [2.05, 4.69) is 0 Å². The quantitative estimate of drug-likeness (QED) is 0.901. The smallest absolute Gasteiger partial charge is 0.322 e. The molecule has 1 unspecified atom stereocenters. The Labute approximate surface area is 112 Å². The molecule has 0 spiro atoms. The van der Waals surface area contributed by atoms with Crippen molar-refractivity contribution in [2.24, 2.45) is 5.92 Å². The SMILES string of the molecule is Cc1cc(F)ccc1CS(=O)(=O)C(C(=O)O)C(C)C. The lowest BCUT2D eigenvalue weighted by Crippen LogP contribution is -2.35. The molecule has 1 rings (SSSR count). The summed E-state index contributed by atoms with van der Waals surface area (Å²) in [5, 5.41) is 7.58. The van der Waals surface area contributed by atoms with Gasteiger partial charge in [-0.05, 0) is 36.1 Å². The number of sulfone groups is 1. The number of carbonyl (C=O) groups is 1. The second-order valence-corrected chi connectivity index (χ2v) is 7.00. The summed E-state index contributed by atoms with van der Waals surface area (Å²) in [7, 11) is -3.83. The summed E-state index contributed by atoms with van der Waals surface area (Å²) < 4.78 is 37.2. The molecular weight excluding hydrogens is 271 g/mol. The minimum Gasteiger partial charge on any atom is -0.480 e. The van der Waals surface area contributed by atoms with Crippen LogP contribution in [0.5, 0.6) is 0 Å². The first kappa shape index (κ1) is 15.6. The standard InChI is InChI=1S/C13H17FO4S/c1-8(2)12(13(15)16)19(17,18)7-10-4-5-11(14)6-9(10)3/h4-6,8,12H,7H2,1-3H3,(H,15,16). The molecule has 0 saturated carbocycles. The molecule has 1 N–H and O–H groups in total. The molecule has 0 aliphatic heterocycles. The lowest BCUT2D eigenvalue weighted by Gasteiger charge is -2.17. The largest absolute Gasteiger partial charge is 0.480 e. The van der Waals surface area contributed by atoms with Crippen LogP contribution in [0.15, 0.2) is 18.2 Å². The molecule has 0 aromatic heterocycles. The molecule has 106 valence electrons. The number of benzene rings is 1. The Bertz CT molecular complexity index is 578. The number of hydrogen-bond acceptors (Lipinski definition) is 3. The molecule has 0 heterocycles. The number of carboxylic acid groups (broad SMARTS) is 1. The van der Waals surface area contributed by atoms with Crippen LogP contribution in [-0.4, -0.2) is 24.7 Å². The van der Waals surface area contributed by atoms with Crippen molar-refractivity contribution in [3.8, 4) is 0 Å². The van der Waals surface area contributed by atoms with E-state index < -0.39 is 38.5 Å². The number of rotatable bonds is 5. The summed E-state index contributed by atoms with van der Waals surface area (Å²) in [6, 6.07) is 3.78. The fraction of sp³-hybridized carbons (Fsp3) is 0.462. The monoisotopic (exact) mass is 288 g/mol. The Morgan fingerprint density at radius 2 is 1.95 bits per heavy atom. The van der Waals surface area contributed by atoms with Crippen molar-refractivity contribution in [2.45, 2.75) is 31.8 Å². The van der Waals surface area contributed by atoms with E-state index >= 15 is 0 Å². The maximum atomic E-state index is 13.0. The van der Waals surface area contributed by atoms with E-state index in [4.69, 9.17) is 5.11 Å². The third kappa shape index (κ3) is 3.76. The number of halogens is 1. The predicted molar refractivity (Wildman–Crippen MR) is 70.0 cm³/mol. The third-order valence-corrected chi connectivity index (χ3v) is 5.13. The van der Waals surface area contributed by atoms with E-state index in [1.165, 1.54) is 18.2 Å². The summed E-state index contributed by atoms with van der Waals surface area (Å²) in [6.07, 6.45) is 0. The highest BCUT2D eigenvalue weighted by Gasteiger charge is 2.35. The van der Waals surface area contributed by atoms with Crippen LogP contribution in [0.1, 0.15) is 25.0 Å². The van der Waals surface area contributed by atoms with Crippen molar-refractivity contribution >= 4 is 15.8 Å². The lowest BCUT2D eigenvalue weighted by molar-refractivity contribution is -0.137. The molecule has 0 bridgehead atoms. The maximum absolute atomic E-state index is 13.0. The highest BCUT2D eigenvalue weighted by molar-refractivity contribution is 7.92. The first-order valence-electron chi connectivity index (χ1n) is 5.84. The zero-order chi connectivity index (χ0) is 14.8. The van der Waals surface area contributed by atoms with Gasteiger partial charge in [-0.15, -0.1) is 0 Å². The zero-order valence-corrected chi connectivity index (χ0v) is 11.9. The van der Waals surface area contributed by atoms with Gasteiger partial charge in [0.25, 0.3) is 0 Å². The van der Waals surface area contributed by atoms with E-state index in [1.54, 1.807) is 20.8 Å². The van der Waals surface area contributed by atoms with Gasteiger partial charge in [-0.2, -0.15) is 0 Å². The van der Waals surface area contributed by atoms with Gasteiger partial charge in [-0.3, -0.25) is 4.79 Å². The van der Waals surface area contributed by atoms with Crippen molar-refractivity contribution < 1.29 is 22.7 Å². The minimum atomic E-state index is -3.83. The minimum absolute atomic E-state index is 0.395. The van der Waals surface area contributed by atoms with E-state index in [9.17, 15) is 17.6 Å². The van der Waals surface area contributed by atoms with E-state index in [0.717, 1.165) is 0 Å². The topological polar surface area (TPSA) is 71.4 Å². The Hall–Kier alpha value is -1.43. The van der Waals surface area contributed by atoms with Crippen LogP contribution in [0, 0.1) is 18.7 Å². The molecule has 0 aliphatic rings. The maximum Gasteiger partial charge on any atom is 0.322 e. The molecule has 1 aromatic rings. The molecule has 0 saturated heterocycles. The zero-order valence-electron chi connectivity index (χ0n) is 11.1. The Morgan fingerprint density at radius 1 is 1.37 bits per heavy atom. The number of aliphatic carboxylic acids is 1. The molecule has 0 radical (unpaired) electrons. The van der Waals surface area contributed by atoms with Gasteiger partial charge in [-0.25, -0.2) is 12.8 Å². The molecule has 1 aromatic carbocycles. The van der Waals surface area contributed by atoms with Crippen molar-refractivity contribution in [3.63, 3.8) is 0 Å². The van der Waals surface area contributed by atoms with E-state index in [1.807, 2.05) is 0 Å². The van der Waals surface area contributed by atoms with Crippen molar-refractivity contribution in [3.05, 3.63) is 35.1 Å². The molecule has 1 atom stereocenters. The van der Waals surface area contributed by atoms with Crippen molar-refractivity contribution in [1.29, 1.82) is 0 Å². The van der Waals surface area contributed by atoms with Gasteiger partial charge in [0.05, 0.1) is 5.75 Å². The highest BCUT2D eigenvalue weighted by atomic mass is 32.2. The van der Waals surface area contributed by atoms with Crippen LogP contribution in [0.3, 0.4) is 0 Å². The first-order chi connectivity index (χ1) is 8.65. The van der Waals surface area contributed by atoms with E-state index in [0.29, 0.717) is 11.1 Å². The van der Waals surface area contributed by atoms with Gasteiger partial charge in [0.1, 0.15) is 5.82 Å². The summed E-state index contributed by atoms with van der Waals surface area (Å²) >= 11 is 0. The van der Waals surface area contributed by atoms with Gasteiger partial charge in [0.2, 0.25) is 0 Å². The average Bonchev–Trinajstić information content (AvgIpc) is 2.20. The molecular formula is C13H17FO4S. The van der Waals surface area contributed by atoms with Gasteiger partial charge < -0.3 is 5.11 Å². The van der Waals surface area contributed by atoms with Crippen LogP contribution < -0.4 is 0 Å². The first-order valence-corrected chi connectivity index (χ1v) is 7.56. The second-order valence-electron chi connectivity index (χ2n) is 4.88. The van der Waals surface area contributed by atoms with E-state index in [-0.39, 0.29) is 0 Å². The second kappa shape index (κ2) is 5.69. The number of carboxylic acids is 1. The van der Waals surface area contributed by atoms with Crippen molar-refractivity contribution in [1.82, 2.24) is 0 Å². The Morgan fingerprint density at radius 3 is 2.37 bits per heavy atom. The molecule has 19 heavy (non-hydrogen) atoms.